The monoisotopic (exact) mass is 583 g/mol. The minimum absolute atomic E-state index is 0.0734. The molecule has 0 spiro atoms. The van der Waals surface area contributed by atoms with E-state index >= 15 is 0 Å². The fourth-order valence-electron chi connectivity index (χ4n) is 3.86. The molecule has 1 heterocycles. The molecule has 0 radical (unpaired) electrons. The van der Waals surface area contributed by atoms with Crippen LogP contribution in [0.2, 0.25) is 0 Å². The standard InChI is InChI=1S/C29H24F3N3O5S/c1-33-26(38)19-4-6-20(7-5-19)27-34-23(17-41-27)15-35(14-18-2-12-24(13-3-18)40-16-25(36)37)28(39)21-8-10-22(11-9-21)29(30,31)32/h2-13,17H,14-16H2,1H3,(H,33,38)(H,36,37). The number of rotatable bonds is 10. The summed E-state index contributed by atoms with van der Waals surface area (Å²) < 4.78 is 44.3. The molecule has 0 saturated carbocycles. The summed E-state index contributed by atoms with van der Waals surface area (Å²) in [6.45, 7) is -0.324. The van der Waals surface area contributed by atoms with Gasteiger partial charge in [-0.2, -0.15) is 13.2 Å². The zero-order chi connectivity index (χ0) is 29.6. The molecule has 2 N–H and O–H groups in total. The van der Waals surface area contributed by atoms with Gasteiger partial charge in [0, 0.05) is 35.7 Å². The van der Waals surface area contributed by atoms with Gasteiger partial charge in [0.2, 0.25) is 0 Å². The fourth-order valence-corrected chi connectivity index (χ4v) is 4.67. The van der Waals surface area contributed by atoms with Gasteiger partial charge < -0.3 is 20.1 Å². The van der Waals surface area contributed by atoms with E-state index in [1.54, 1.807) is 61.0 Å². The number of carbonyl (C=O) groups excluding carboxylic acids is 2. The normalized spacial score (nSPS) is 11.1. The molecule has 12 heteroatoms. The van der Waals surface area contributed by atoms with Crippen molar-refractivity contribution in [2.24, 2.45) is 0 Å². The average molecular weight is 584 g/mol. The lowest BCUT2D eigenvalue weighted by Gasteiger charge is -2.22. The van der Waals surface area contributed by atoms with Gasteiger partial charge in [-0.25, -0.2) is 9.78 Å². The molecule has 0 aliphatic rings. The van der Waals surface area contributed by atoms with Crippen molar-refractivity contribution in [2.45, 2.75) is 19.3 Å². The smallest absolute Gasteiger partial charge is 0.416 e. The van der Waals surface area contributed by atoms with Crippen molar-refractivity contribution in [1.29, 1.82) is 0 Å². The fraction of sp³-hybridized carbons (Fsp3) is 0.172. The summed E-state index contributed by atoms with van der Waals surface area (Å²) in [7, 11) is 1.54. The quantitative estimate of drug-likeness (QED) is 0.256. The number of halogens is 3. The van der Waals surface area contributed by atoms with Crippen LogP contribution in [0, 0.1) is 0 Å². The Morgan fingerprint density at radius 1 is 0.927 bits per heavy atom. The van der Waals surface area contributed by atoms with Crippen molar-refractivity contribution in [2.75, 3.05) is 13.7 Å². The third kappa shape index (κ3) is 7.70. The minimum atomic E-state index is -4.53. The molecule has 2 amide bonds. The molecular formula is C29H24F3N3O5S. The maximum atomic E-state index is 13.5. The molecule has 0 atom stereocenters. The maximum Gasteiger partial charge on any atom is 0.416 e. The first-order chi connectivity index (χ1) is 19.5. The van der Waals surface area contributed by atoms with Crippen LogP contribution < -0.4 is 10.1 Å². The van der Waals surface area contributed by atoms with Crippen LogP contribution in [-0.2, 0) is 24.1 Å². The molecule has 0 saturated heterocycles. The second-order valence-corrected chi connectivity index (χ2v) is 9.72. The molecular weight excluding hydrogens is 559 g/mol. The zero-order valence-corrected chi connectivity index (χ0v) is 22.5. The number of aromatic nitrogens is 1. The molecule has 0 bridgehead atoms. The van der Waals surface area contributed by atoms with E-state index in [1.807, 2.05) is 0 Å². The second kappa shape index (κ2) is 12.6. The van der Waals surface area contributed by atoms with Gasteiger partial charge in [-0.15, -0.1) is 11.3 Å². The third-order valence-electron chi connectivity index (χ3n) is 5.93. The summed E-state index contributed by atoms with van der Waals surface area (Å²) in [4.78, 5) is 42.1. The number of thiazole rings is 1. The number of aliphatic carboxylic acids is 1. The van der Waals surface area contributed by atoms with Crippen LogP contribution in [0.25, 0.3) is 10.6 Å². The van der Waals surface area contributed by atoms with E-state index < -0.39 is 30.2 Å². The minimum Gasteiger partial charge on any atom is -0.482 e. The summed E-state index contributed by atoms with van der Waals surface area (Å²) in [6, 6.07) is 17.4. The Morgan fingerprint density at radius 3 is 2.15 bits per heavy atom. The van der Waals surface area contributed by atoms with Crippen molar-refractivity contribution in [3.8, 4) is 16.3 Å². The lowest BCUT2D eigenvalue weighted by atomic mass is 10.1. The number of benzene rings is 3. The molecule has 3 aromatic carbocycles. The second-order valence-electron chi connectivity index (χ2n) is 8.86. The number of carboxylic acids is 1. The van der Waals surface area contributed by atoms with Crippen molar-refractivity contribution >= 4 is 29.1 Å². The Hall–Kier alpha value is -4.71. The molecule has 0 aliphatic carbocycles. The molecule has 0 fully saturated rings. The van der Waals surface area contributed by atoms with E-state index in [4.69, 9.17) is 9.84 Å². The summed E-state index contributed by atoms with van der Waals surface area (Å²) in [6.07, 6.45) is -4.53. The number of alkyl halides is 3. The summed E-state index contributed by atoms with van der Waals surface area (Å²) in [5.74, 6) is -1.49. The van der Waals surface area contributed by atoms with Gasteiger partial charge in [-0.1, -0.05) is 24.3 Å². The maximum absolute atomic E-state index is 13.5. The van der Waals surface area contributed by atoms with Crippen LogP contribution in [0.5, 0.6) is 5.75 Å². The van der Waals surface area contributed by atoms with E-state index in [1.165, 1.54) is 16.2 Å². The van der Waals surface area contributed by atoms with Crippen LogP contribution in [0.4, 0.5) is 13.2 Å². The van der Waals surface area contributed by atoms with Gasteiger partial charge in [0.25, 0.3) is 11.8 Å². The SMILES string of the molecule is CNC(=O)c1ccc(-c2nc(CN(Cc3ccc(OCC(=O)O)cc3)C(=O)c3ccc(C(F)(F)F)cc3)cs2)cc1. The van der Waals surface area contributed by atoms with E-state index in [0.717, 1.165) is 29.8 Å². The predicted molar refractivity (Wildman–Crippen MR) is 146 cm³/mol. The molecule has 212 valence electrons. The number of hydrogen-bond donors (Lipinski definition) is 2. The van der Waals surface area contributed by atoms with Crippen molar-refractivity contribution in [3.05, 3.63) is 106 Å². The average Bonchev–Trinajstić information content (AvgIpc) is 3.44. The van der Waals surface area contributed by atoms with Crippen LogP contribution >= 0.6 is 11.3 Å². The van der Waals surface area contributed by atoms with Gasteiger partial charge in [0.1, 0.15) is 10.8 Å². The molecule has 0 unspecified atom stereocenters. The van der Waals surface area contributed by atoms with Crippen molar-refractivity contribution in [1.82, 2.24) is 15.2 Å². The number of carboxylic acid groups (broad SMARTS) is 1. The number of ether oxygens (including phenoxy) is 1. The first kappa shape index (κ1) is 29.3. The van der Waals surface area contributed by atoms with Crippen LogP contribution in [0.3, 0.4) is 0 Å². The van der Waals surface area contributed by atoms with Crippen molar-refractivity contribution in [3.63, 3.8) is 0 Å². The highest BCUT2D eigenvalue weighted by Crippen LogP contribution is 2.30. The highest BCUT2D eigenvalue weighted by molar-refractivity contribution is 7.13. The Kier molecular flexibility index (Phi) is 9.03. The van der Waals surface area contributed by atoms with E-state index in [9.17, 15) is 27.6 Å². The number of amides is 2. The molecule has 41 heavy (non-hydrogen) atoms. The summed E-state index contributed by atoms with van der Waals surface area (Å²) in [5, 5.41) is 13.8. The molecule has 4 aromatic rings. The summed E-state index contributed by atoms with van der Waals surface area (Å²) >= 11 is 1.35. The largest absolute Gasteiger partial charge is 0.482 e. The molecule has 0 aliphatic heterocycles. The van der Waals surface area contributed by atoms with Gasteiger partial charge in [-0.05, 0) is 54.1 Å². The number of hydrogen-bond acceptors (Lipinski definition) is 6. The topological polar surface area (TPSA) is 109 Å². The van der Waals surface area contributed by atoms with E-state index in [-0.39, 0.29) is 24.6 Å². The van der Waals surface area contributed by atoms with Crippen LogP contribution in [0.1, 0.15) is 37.5 Å². The number of carbonyl (C=O) groups is 3. The van der Waals surface area contributed by atoms with Gasteiger partial charge in [0.05, 0.1) is 17.8 Å². The van der Waals surface area contributed by atoms with Gasteiger partial charge >= 0.3 is 12.1 Å². The Balaban J connectivity index is 1.56. The number of nitrogens with zero attached hydrogens (tertiary/aromatic N) is 2. The van der Waals surface area contributed by atoms with Gasteiger partial charge in [0.15, 0.2) is 6.61 Å². The lowest BCUT2D eigenvalue weighted by Crippen LogP contribution is -2.30. The molecule has 8 nitrogen and oxygen atoms in total. The highest BCUT2D eigenvalue weighted by Gasteiger charge is 2.30. The Labute approximate surface area is 237 Å². The predicted octanol–water partition coefficient (Wildman–Crippen LogP) is 5.49. The van der Waals surface area contributed by atoms with Crippen molar-refractivity contribution < 1.29 is 37.4 Å². The van der Waals surface area contributed by atoms with E-state index in [0.29, 0.717) is 27.6 Å². The zero-order valence-electron chi connectivity index (χ0n) is 21.6. The first-order valence-corrected chi connectivity index (χ1v) is 13.1. The lowest BCUT2D eigenvalue weighted by molar-refractivity contribution is -0.139. The molecule has 4 rings (SSSR count). The Morgan fingerprint density at radius 2 is 1.56 bits per heavy atom. The van der Waals surface area contributed by atoms with E-state index in [2.05, 4.69) is 10.3 Å². The first-order valence-electron chi connectivity index (χ1n) is 12.2. The van der Waals surface area contributed by atoms with Gasteiger partial charge in [-0.3, -0.25) is 9.59 Å². The highest BCUT2D eigenvalue weighted by atomic mass is 32.1. The van der Waals surface area contributed by atoms with Crippen LogP contribution in [-0.4, -0.2) is 46.4 Å². The summed E-state index contributed by atoms with van der Waals surface area (Å²) in [5.41, 5.74) is 1.77. The molecule has 1 aromatic heterocycles. The number of nitrogens with one attached hydrogen (secondary N) is 1. The van der Waals surface area contributed by atoms with Crippen LogP contribution in [0.15, 0.2) is 78.2 Å². The third-order valence-corrected chi connectivity index (χ3v) is 6.87. The Bertz CT molecular complexity index is 1520.